The van der Waals surface area contributed by atoms with E-state index in [0.717, 1.165) is 11.3 Å². The van der Waals surface area contributed by atoms with Crippen molar-refractivity contribution in [3.8, 4) is 11.3 Å². The van der Waals surface area contributed by atoms with Crippen molar-refractivity contribution in [3.05, 3.63) is 39.3 Å². The first-order chi connectivity index (χ1) is 9.52. The number of rotatable bonds is 4. The highest BCUT2D eigenvalue weighted by Gasteiger charge is 2.21. The third-order valence-corrected chi connectivity index (χ3v) is 3.30. The highest BCUT2D eigenvalue weighted by Crippen LogP contribution is 2.31. The van der Waals surface area contributed by atoms with Gasteiger partial charge in [-0.15, -0.1) is 0 Å². The van der Waals surface area contributed by atoms with Gasteiger partial charge in [-0.25, -0.2) is 9.78 Å². The first-order valence-electron chi connectivity index (χ1n) is 5.71. The molecule has 0 atom stereocenters. The highest BCUT2D eigenvalue weighted by molar-refractivity contribution is 7.17. The molecular weight excluding hydrogens is 282 g/mol. The van der Waals surface area contributed by atoms with Crippen LogP contribution < -0.4 is 5.73 Å². The van der Waals surface area contributed by atoms with Crippen molar-refractivity contribution >= 4 is 28.1 Å². The standard InChI is InChI=1S/C12H11N3O4S/c1-2-19-11(16)10-9(14-12(13)20-10)7-4-3-5-8(6-7)15(17)18/h3-6H,2H2,1H3,(H2,13,14). The maximum atomic E-state index is 11.8. The zero-order valence-corrected chi connectivity index (χ0v) is 11.3. The number of thiazole rings is 1. The van der Waals surface area contributed by atoms with Gasteiger partial charge in [-0.2, -0.15) is 0 Å². The van der Waals surface area contributed by atoms with Gasteiger partial charge in [0.15, 0.2) is 5.13 Å². The van der Waals surface area contributed by atoms with Crippen LogP contribution in [0.5, 0.6) is 0 Å². The van der Waals surface area contributed by atoms with Crippen LogP contribution in [0.2, 0.25) is 0 Å². The van der Waals surface area contributed by atoms with Gasteiger partial charge in [0.25, 0.3) is 5.69 Å². The van der Waals surface area contributed by atoms with Crippen LogP contribution in [0.1, 0.15) is 16.6 Å². The number of nitrogens with zero attached hydrogens (tertiary/aromatic N) is 2. The lowest BCUT2D eigenvalue weighted by molar-refractivity contribution is -0.384. The molecule has 20 heavy (non-hydrogen) atoms. The Morgan fingerprint density at radius 2 is 2.30 bits per heavy atom. The summed E-state index contributed by atoms with van der Waals surface area (Å²) in [5.74, 6) is -0.539. The Hall–Kier alpha value is -2.48. The van der Waals surface area contributed by atoms with E-state index in [1.807, 2.05) is 0 Å². The minimum atomic E-state index is -0.539. The molecule has 0 aliphatic rings. The topological polar surface area (TPSA) is 108 Å². The van der Waals surface area contributed by atoms with Crippen LogP contribution in [-0.4, -0.2) is 22.5 Å². The predicted octanol–water partition coefficient (Wildman–Crippen LogP) is 2.48. The molecular formula is C12H11N3O4S. The van der Waals surface area contributed by atoms with E-state index in [2.05, 4.69) is 4.98 Å². The van der Waals surface area contributed by atoms with Crippen LogP contribution in [0.15, 0.2) is 24.3 Å². The van der Waals surface area contributed by atoms with Gasteiger partial charge < -0.3 is 10.5 Å². The molecule has 7 nitrogen and oxygen atoms in total. The maximum absolute atomic E-state index is 11.8. The van der Waals surface area contributed by atoms with E-state index in [1.54, 1.807) is 13.0 Å². The molecule has 2 aromatic rings. The fourth-order valence-corrected chi connectivity index (χ4v) is 2.38. The van der Waals surface area contributed by atoms with E-state index >= 15 is 0 Å². The van der Waals surface area contributed by atoms with E-state index in [9.17, 15) is 14.9 Å². The van der Waals surface area contributed by atoms with Gasteiger partial charge in [0.2, 0.25) is 0 Å². The van der Waals surface area contributed by atoms with Crippen molar-refractivity contribution in [1.29, 1.82) is 0 Å². The second kappa shape index (κ2) is 5.66. The third-order valence-electron chi connectivity index (χ3n) is 2.43. The van der Waals surface area contributed by atoms with E-state index in [1.165, 1.54) is 18.2 Å². The molecule has 0 unspecified atom stereocenters. The predicted molar refractivity (Wildman–Crippen MR) is 74.6 cm³/mol. The molecule has 2 N–H and O–H groups in total. The Balaban J connectivity index is 2.49. The summed E-state index contributed by atoms with van der Waals surface area (Å²) in [6.45, 7) is 1.92. The van der Waals surface area contributed by atoms with Crippen LogP contribution >= 0.6 is 11.3 Å². The molecule has 0 spiro atoms. The molecule has 8 heteroatoms. The van der Waals surface area contributed by atoms with Crippen LogP contribution in [0.3, 0.4) is 0 Å². The van der Waals surface area contributed by atoms with Gasteiger partial charge in [-0.1, -0.05) is 23.5 Å². The summed E-state index contributed by atoms with van der Waals surface area (Å²) in [6, 6.07) is 5.86. The first kappa shape index (κ1) is 13.9. The summed E-state index contributed by atoms with van der Waals surface area (Å²) in [5.41, 5.74) is 6.29. The lowest BCUT2D eigenvalue weighted by Crippen LogP contribution is -2.04. The molecule has 0 aliphatic heterocycles. The number of ether oxygens (including phenoxy) is 1. The molecule has 0 amide bonds. The molecule has 0 radical (unpaired) electrons. The highest BCUT2D eigenvalue weighted by atomic mass is 32.1. The number of nitro benzene ring substituents is 1. The molecule has 0 saturated heterocycles. The quantitative estimate of drug-likeness (QED) is 0.527. The van der Waals surface area contributed by atoms with Crippen molar-refractivity contribution in [3.63, 3.8) is 0 Å². The Bertz CT molecular complexity index is 668. The van der Waals surface area contributed by atoms with E-state index in [4.69, 9.17) is 10.5 Å². The zero-order chi connectivity index (χ0) is 14.7. The van der Waals surface area contributed by atoms with Crippen LogP contribution in [0.4, 0.5) is 10.8 Å². The Morgan fingerprint density at radius 3 is 2.95 bits per heavy atom. The monoisotopic (exact) mass is 293 g/mol. The molecule has 1 aromatic heterocycles. The number of hydrogen-bond donors (Lipinski definition) is 1. The Labute approximate surface area is 118 Å². The lowest BCUT2D eigenvalue weighted by Gasteiger charge is -2.02. The summed E-state index contributed by atoms with van der Waals surface area (Å²) in [4.78, 5) is 26.4. The third kappa shape index (κ3) is 2.75. The number of nitro groups is 1. The van der Waals surface area contributed by atoms with Crippen molar-refractivity contribution in [2.24, 2.45) is 0 Å². The number of non-ortho nitro benzene ring substituents is 1. The van der Waals surface area contributed by atoms with Crippen molar-refractivity contribution in [2.45, 2.75) is 6.92 Å². The molecule has 1 heterocycles. The largest absolute Gasteiger partial charge is 0.462 e. The minimum absolute atomic E-state index is 0.0797. The summed E-state index contributed by atoms with van der Waals surface area (Å²) in [5, 5.41) is 11.0. The number of nitrogens with two attached hydrogens (primary N) is 1. The van der Waals surface area contributed by atoms with Gasteiger partial charge in [0.05, 0.1) is 17.2 Å². The molecule has 1 aromatic carbocycles. The maximum Gasteiger partial charge on any atom is 0.350 e. The summed E-state index contributed by atoms with van der Waals surface area (Å²) in [7, 11) is 0. The first-order valence-corrected chi connectivity index (χ1v) is 6.52. The molecule has 104 valence electrons. The van der Waals surface area contributed by atoms with Crippen LogP contribution in [-0.2, 0) is 4.74 Å². The average Bonchev–Trinajstić information content (AvgIpc) is 2.81. The Morgan fingerprint density at radius 1 is 1.55 bits per heavy atom. The molecule has 0 fully saturated rings. The van der Waals surface area contributed by atoms with Crippen molar-refractivity contribution in [1.82, 2.24) is 4.98 Å². The molecule has 0 saturated carbocycles. The fraction of sp³-hybridized carbons (Fsp3) is 0.167. The van der Waals surface area contributed by atoms with Gasteiger partial charge >= 0.3 is 5.97 Å². The number of benzene rings is 1. The number of aromatic nitrogens is 1. The van der Waals surface area contributed by atoms with Gasteiger partial charge in [0, 0.05) is 17.7 Å². The number of carbonyl (C=O) groups excluding carboxylic acids is 1. The van der Waals surface area contributed by atoms with Gasteiger partial charge in [-0.3, -0.25) is 10.1 Å². The van der Waals surface area contributed by atoms with Crippen molar-refractivity contribution < 1.29 is 14.5 Å². The minimum Gasteiger partial charge on any atom is -0.462 e. The second-order valence-corrected chi connectivity index (χ2v) is 4.79. The summed E-state index contributed by atoms with van der Waals surface area (Å²) >= 11 is 0.994. The summed E-state index contributed by atoms with van der Waals surface area (Å²) < 4.78 is 4.92. The van der Waals surface area contributed by atoms with E-state index in [0.29, 0.717) is 11.3 Å². The van der Waals surface area contributed by atoms with Crippen LogP contribution in [0, 0.1) is 10.1 Å². The zero-order valence-electron chi connectivity index (χ0n) is 10.5. The number of nitrogen functional groups attached to an aromatic ring is 1. The van der Waals surface area contributed by atoms with Crippen molar-refractivity contribution in [2.75, 3.05) is 12.3 Å². The number of anilines is 1. The molecule has 0 bridgehead atoms. The Kier molecular flexibility index (Phi) is 3.94. The number of hydrogen-bond acceptors (Lipinski definition) is 7. The van der Waals surface area contributed by atoms with E-state index < -0.39 is 10.9 Å². The SMILES string of the molecule is CCOC(=O)c1sc(N)nc1-c1cccc([N+](=O)[O-])c1. The number of esters is 1. The lowest BCUT2D eigenvalue weighted by atomic mass is 10.1. The van der Waals surface area contributed by atoms with E-state index in [-0.39, 0.29) is 22.3 Å². The smallest absolute Gasteiger partial charge is 0.350 e. The normalized spacial score (nSPS) is 10.2. The molecule has 0 aliphatic carbocycles. The second-order valence-electron chi connectivity index (χ2n) is 3.76. The van der Waals surface area contributed by atoms with Gasteiger partial charge in [0.1, 0.15) is 4.88 Å². The fourth-order valence-electron chi connectivity index (χ4n) is 1.63. The summed E-state index contributed by atoms with van der Waals surface area (Å²) in [6.07, 6.45) is 0. The van der Waals surface area contributed by atoms with Gasteiger partial charge in [-0.05, 0) is 6.92 Å². The number of carbonyl (C=O) groups is 1. The van der Waals surface area contributed by atoms with Crippen LogP contribution in [0.25, 0.3) is 11.3 Å². The average molecular weight is 293 g/mol. The molecule has 2 rings (SSSR count).